The van der Waals surface area contributed by atoms with Crippen LogP contribution in [-0.2, 0) is 13.1 Å². The van der Waals surface area contributed by atoms with Gasteiger partial charge in [0.05, 0.1) is 11.4 Å². The van der Waals surface area contributed by atoms with Crippen LogP contribution < -0.4 is 0 Å². The Morgan fingerprint density at radius 1 is 0.920 bits per heavy atom. The maximum atomic E-state index is 4.70. The number of rotatable bonds is 4. The van der Waals surface area contributed by atoms with Crippen molar-refractivity contribution in [2.75, 3.05) is 26.2 Å². The van der Waals surface area contributed by atoms with E-state index in [-0.39, 0.29) is 0 Å². The number of aryl methyl sites for hydroxylation is 2. The molecule has 1 saturated heterocycles. The molecule has 4 rings (SSSR count). The van der Waals surface area contributed by atoms with Crippen molar-refractivity contribution in [2.24, 2.45) is 0 Å². The number of hydrogen-bond acceptors (Lipinski definition) is 5. The summed E-state index contributed by atoms with van der Waals surface area (Å²) < 4.78 is 2.08. The molecular formula is C19H24N6. The summed E-state index contributed by atoms with van der Waals surface area (Å²) in [5.41, 5.74) is 4.44. The third-order valence-corrected chi connectivity index (χ3v) is 4.77. The molecule has 1 aliphatic rings. The highest BCUT2D eigenvalue weighted by Crippen LogP contribution is 2.13. The molecule has 0 N–H and O–H groups in total. The van der Waals surface area contributed by atoms with E-state index in [0.717, 1.165) is 62.1 Å². The summed E-state index contributed by atoms with van der Waals surface area (Å²) in [6.45, 7) is 10.2. The van der Waals surface area contributed by atoms with Gasteiger partial charge in [0.15, 0.2) is 0 Å². The number of nitrogens with zero attached hydrogens (tertiary/aromatic N) is 6. The largest absolute Gasteiger partial charge is 0.295 e. The van der Waals surface area contributed by atoms with Crippen LogP contribution in [-0.4, -0.2) is 55.3 Å². The lowest BCUT2D eigenvalue weighted by Gasteiger charge is -2.34. The Kier molecular flexibility index (Phi) is 4.46. The first-order chi connectivity index (χ1) is 12.2. The van der Waals surface area contributed by atoms with Gasteiger partial charge < -0.3 is 0 Å². The van der Waals surface area contributed by atoms with Gasteiger partial charge in [-0.2, -0.15) is 0 Å². The van der Waals surface area contributed by atoms with Gasteiger partial charge in [-0.3, -0.25) is 19.2 Å². The third-order valence-electron chi connectivity index (χ3n) is 4.77. The van der Waals surface area contributed by atoms with Crippen molar-refractivity contribution in [2.45, 2.75) is 26.9 Å². The summed E-state index contributed by atoms with van der Waals surface area (Å²) in [4.78, 5) is 18.6. The van der Waals surface area contributed by atoms with Crippen molar-refractivity contribution in [1.29, 1.82) is 0 Å². The monoisotopic (exact) mass is 336 g/mol. The van der Waals surface area contributed by atoms with Crippen molar-refractivity contribution < 1.29 is 0 Å². The Morgan fingerprint density at radius 3 is 2.32 bits per heavy atom. The van der Waals surface area contributed by atoms with Crippen molar-refractivity contribution in [3.05, 3.63) is 59.4 Å². The van der Waals surface area contributed by atoms with E-state index in [2.05, 4.69) is 55.5 Å². The number of fused-ring (bicyclic) bond motifs is 1. The first-order valence-corrected chi connectivity index (χ1v) is 8.84. The molecule has 0 amide bonds. The summed E-state index contributed by atoms with van der Waals surface area (Å²) >= 11 is 0. The van der Waals surface area contributed by atoms with Gasteiger partial charge in [0.25, 0.3) is 0 Å². The molecule has 0 unspecified atom stereocenters. The fraction of sp³-hybridized carbons (Fsp3) is 0.421. The van der Waals surface area contributed by atoms with E-state index in [1.807, 2.05) is 19.2 Å². The highest BCUT2D eigenvalue weighted by atomic mass is 15.3. The number of piperazine rings is 1. The average molecular weight is 336 g/mol. The lowest BCUT2D eigenvalue weighted by atomic mass is 10.2. The van der Waals surface area contributed by atoms with Crippen LogP contribution in [0, 0.1) is 13.8 Å². The van der Waals surface area contributed by atoms with Crippen molar-refractivity contribution >= 4 is 5.78 Å². The standard InChI is InChI=1S/C19H24N6/c1-15-11-16(2)25-14-18(22-19(25)21-15)13-24-9-7-23(8-10-24)12-17-5-3-4-6-20-17/h3-6,11,14H,7-10,12-13H2,1-2H3. The normalized spacial score (nSPS) is 16.6. The molecule has 0 saturated carbocycles. The Labute approximate surface area is 148 Å². The molecule has 0 aliphatic carbocycles. The summed E-state index contributed by atoms with van der Waals surface area (Å²) in [6, 6.07) is 8.21. The Bertz CT molecular complexity index is 849. The predicted molar refractivity (Wildman–Crippen MR) is 97.3 cm³/mol. The number of imidazole rings is 1. The molecule has 4 heterocycles. The van der Waals surface area contributed by atoms with Gasteiger partial charge in [-0.25, -0.2) is 9.97 Å². The molecular weight excluding hydrogens is 312 g/mol. The third kappa shape index (κ3) is 3.70. The fourth-order valence-electron chi connectivity index (χ4n) is 3.45. The first kappa shape index (κ1) is 16.2. The van der Waals surface area contributed by atoms with E-state index >= 15 is 0 Å². The maximum absolute atomic E-state index is 4.70. The van der Waals surface area contributed by atoms with Crippen LogP contribution in [0.5, 0.6) is 0 Å². The minimum absolute atomic E-state index is 0.807. The summed E-state index contributed by atoms with van der Waals surface area (Å²) in [7, 11) is 0. The number of hydrogen-bond donors (Lipinski definition) is 0. The average Bonchev–Trinajstić information content (AvgIpc) is 3.00. The fourth-order valence-corrected chi connectivity index (χ4v) is 3.45. The number of aromatic nitrogens is 4. The van der Waals surface area contributed by atoms with E-state index in [4.69, 9.17) is 4.98 Å². The molecule has 0 spiro atoms. The molecule has 0 aromatic carbocycles. The van der Waals surface area contributed by atoms with Gasteiger partial charge in [-0.15, -0.1) is 0 Å². The molecule has 3 aromatic rings. The molecule has 0 bridgehead atoms. The Balaban J connectivity index is 1.36. The predicted octanol–water partition coefficient (Wildman–Crippen LogP) is 2.06. The van der Waals surface area contributed by atoms with Gasteiger partial charge in [-0.05, 0) is 32.0 Å². The van der Waals surface area contributed by atoms with Crippen LogP contribution in [0.2, 0.25) is 0 Å². The molecule has 1 fully saturated rings. The second-order valence-corrected chi connectivity index (χ2v) is 6.81. The van der Waals surface area contributed by atoms with E-state index in [0.29, 0.717) is 0 Å². The first-order valence-electron chi connectivity index (χ1n) is 8.84. The summed E-state index contributed by atoms with van der Waals surface area (Å²) in [5.74, 6) is 0.807. The number of pyridine rings is 1. The van der Waals surface area contributed by atoms with Crippen LogP contribution in [0.1, 0.15) is 22.8 Å². The molecule has 3 aromatic heterocycles. The SMILES string of the molecule is Cc1cc(C)n2cc(CN3CCN(Cc4ccccn4)CC3)nc2n1. The van der Waals surface area contributed by atoms with Gasteiger partial charge in [0.1, 0.15) is 0 Å². The Morgan fingerprint density at radius 2 is 1.64 bits per heavy atom. The second-order valence-electron chi connectivity index (χ2n) is 6.81. The summed E-state index contributed by atoms with van der Waals surface area (Å²) in [5, 5.41) is 0. The van der Waals surface area contributed by atoms with Crippen LogP contribution in [0.3, 0.4) is 0 Å². The zero-order chi connectivity index (χ0) is 17.2. The topological polar surface area (TPSA) is 49.6 Å². The van der Waals surface area contributed by atoms with Crippen LogP contribution in [0.4, 0.5) is 0 Å². The van der Waals surface area contributed by atoms with E-state index in [1.165, 1.54) is 5.69 Å². The van der Waals surface area contributed by atoms with Crippen LogP contribution >= 0.6 is 0 Å². The van der Waals surface area contributed by atoms with Crippen molar-refractivity contribution in [3.8, 4) is 0 Å². The molecule has 0 atom stereocenters. The molecule has 130 valence electrons. The van der Waals surface area contributed by atoms with Gasteiger partial charge in [0, 0.05) is 63.1 Å². The van der Waals surface area contributed by atoms with E-state index in [1.54, 1.807) is 0 Å². The zero-order valence-electron chi connectivity index (χ0n) is 14.9. The van der Waals surface area contributed by atoms with Gasteiger partial charge in [-0.1, -0.05) is 6.07 Å². The van der Waals surface area contributed by atoms with Crippen LogP contribution in [0.15, 0.2) is 36.7 Å². The van der Waals surface area contributed by atoms with Crippen molar-refractivity contribution in [1.82, 2.24) is 29.2 Å². The Hall–Kier alpha value is -2.31. The smallest absolute Gasteiger partial charge is 0.234 e. The van der Waals surface area contributed by atoms with Gasteiger partial charge in [0.2, 0.25) is 5.78 Å². The zero-order valence-corrected chi connectivity index (χ0v) is 14.9. The molecule has 6 heteroatoms. The quantitative estimate of drug-likeness (QED) is 0.730. The minimum Gasteiger partial charge on any atom is -0.295 e. The van der Waals surface area contributed by atoms with Gasteiger partial charge >= 0.3 is 0 Å². The lowest BCUT2D eigenvalue weighted by Crippen LogP contribution is -2.45. The molecule has 0 radical (unpaired) electrons. The minimum atomic E-state index is 0.807. The molecule has 1 aliphatic heterocycles. The highest BCUT2D eigenvalue weighted by Gasteiger charge is 2.18. The van der Waals surface area contributed by atoms with Crippen LogP contribution in [0.25, 0.3) is 5.78 Å². The maximum Gasteiger partial charge on any atom is 0.234 e. The van der Waals surface area contributed by atoms with Crippen molar-refractivity contribution in [3.63, 3.8) is 0 Å². The van der Waals surface area contributed by atoms with E-state index in [9.17, 15) is 0 Å². The second kappa shape index (κ2) is 6.90. The molecule has 25 heavy (non-hydrogen) atoms. The lowest BCUT2D eigenvalue weighted by molar-refractivity contribution is 0.120. The molecule has 6 nitrogen and oxygen atoms in total. The van der Waals surface area contributed by atoms with E-state index < -0.39 is 0 Å². The highest BCUT2D eigenvalue weighted by molar-refractivity contribution is 5.34. The summed E-state index contributed by atoms with van der Waals surface area (Å²) in [6.07, 6.45) is 3.99.